The quantitative estimate of drug-likeness (QED) is 0.744. The van der Waals surface area contributed by atoms with Crippen LogP contribution in [0, 0.1) is 0 Å². The molecule has 2 fully saturated rings. The van der Waals surface area contributed by atoms with Crippen molar-refractivity contribution in [3.63, 3.8) is 0 Å². The van der Waals surface area contributed by atoms with Gasteiger partial charge in [-0.1, -0.05) is 36.4 Å². The average molecular weight is 437 g/mol. The van der Waals surface area contributed by atoms with Gasteiger partial charge >= 0.3 is 12.4 Å². The van der Waals surface area contributed by atoms with Gasteiger partial charge in [-0.2, -0.15) is 0 Å². The Hall–Kier alpha value is -3.30. The van der Waals surface area contributed by atoms with E-state index in [4.69, 9.17) is 0 Å². The highest BCUT2D eigenvalue weighted by atomic mass is 19.4. The van der Waals surface area contributed by atoms with Crippen molar-refractivity contribution in [1.29, 1.82) is 0 Å². The lowest BCUT2D eigenvalue weighted by Gasteiger charge is -2.44. The van der Waals surface area contributed by atoms with E-state index in [0.29, 0.717) is 5.56 Å². The van der Waals surface area contributed by atoms with Crippen molar-refractivity contribution in [1.82, 2.24) is 10.2 Å². The van der Waals surface area contributed by atoms with E-state index in [-0.39, 0.29) is 31.7 Å². The number of halogens is 4. The van der Waals surface area contributed by atoms with Crippen LogP contribution in [0.15, 0.2) is 54.6 Å². The van der Waals surface area contributed by atoms with Crippen molar-refractivity contribution >= 4 is 17.6 Å². The normalized spacial score (nSPS) is 20.4. The number of hydrogen-bond acceptors (Lipinski definition) is 3. The minimum Gasteiger partial charge on any atom is -0.406 e. The lowest BCUT2D eigenvalue weighted by molar-refractivity contribution is -0.274. The first-order valence-corrected chi connectivity index (χ1v) is 9.62. The molecule has 0 spiro atoms. The zero-order valence-electron chi connectivity index (χ0n) is 16.2. The Morgan fingerprint density at radius 3 is 2.48 bits per heavy atom. The van der Waals surface area contributed by atoms with E-state index in [9.17, 15) is 27.2 Å². The van der Waals surface area contributed by atoms with Gasteiger partial charge in [0.1, 0.15) is 11.8 Å². The van der Waals surface area contributed by atoms with E-state index in [1.807, 2.05) is 0 Å². The fraction of sp³-hybridized carbons (Fsp3) is 0.333. The number of rotatable bonds is 4. The number of anilines is 1. The van der Waals surface area contributed by atoms with E-state index >= 15 is 0 Å². The Kier molecular flexibility index (Phi) is 5.24. The maximum atomic E-state index is 14.9. The molecular formula is C21H19F4N3O3. The largest absolute Gasteiger partial charge is 0.573 e. The number of carbonyl (C=O) groups is 2. The van der Waals surface area contributed by atoms with Crippen LogP contribution in [0.5, 0.6) is 5.75 Å². The number of amides is 3. The number of urea groups is 1. The molecule has 2 heterocycles. The molecule has 0 saturated carbocycles. The van der Waals surface area contributed by atoms with Gasteiger partial charge in [-0.05, 0) is 24.1 Å². The molecular weight excluding hydrogens is 418 g/mol. The lowest BCUT2D eigenvalue weighted by Crippen LogP contribution is -2.62. The molecule has 0 aliphatic carbocycles. The Labute approximate surface area is 175 Å². The second kappa shape index (κ2) is 7.75. The molecule has 2 aromatic carbocycles. The van der Waals surface area contributed by atoms with Gasteiger partial charge < -0.3 is 19.9 Å². The highest BCUT2D eigenvalue weighted by molar-refractivity contribution is 6.01. The number of likely N-dealkylation sites (tertiary alicyclic amines) is 1. The molecule has 2 saturated heterocycles. The number of nitrogens with one attached hydrogen (secondary N) is 1. The van der Waals surface area contributed by atoms with E-state index in [1.165, 1.54) is 21.9 Å². The molecule has 1 atom stereocenters. The van der Waals surface area contributed by atoms with Crippen LogP contribution in [0.3, 0.4) is 0 Å². The van der Waals surface area contributed by atoms with E-state index in [0.717, 1.165) is 12.1 Å². The zero-order chi connectivity index (χ0) is 22.2. The summed E-state index contributed by atoms with van der Waals surface area (Å²) >= 11 is 0. The van der Waals surface area contributed by atoms with Crippen LogP contribution in [0.25, 0.3) is 0 Å². The summed E-state index contributed by atoms with van der Waals surface area (Å²) in [7, 11) is 0. The molecule has 2 aliphatic rings. The van der Waals surface area contributed by atoms with Gasteiger partial charge in [-0.15, -0.1) is 13.2 Å². The van der Waals surface area contributed by atoms with Crippen LogP contribution in [0.1, 0.15) is 12.0 Å². The summed E-state index contributed by atoms with van der Waals surface area (Å²) in [4.78, 5) is 27.7. The molecule has 10 heteroatoms. The summed E-state index contributed by atoms with van der Waals surface area (Å²) in [5.74, 6) is -0.890. The molecule has 6 nitrogen and oxygen atoms in total. The average Bonchev–Trinajstić information content (AvgIpc) is 3.05. The molecule has 0 radical (unpaired) electrons. The van der Waals surface area contributed by atoms with Gasteiger partial charge in [0.25, 0.3) is 0 Å². The summed E-state index contributed by atoms with van der Waals surface area (Å²) in [6.07, 6.45) is -4.56. The highest BCUT2D eigenvalue weighted by Crippen LogP contribution is 2.36. The first kappa shape index (κ1) is 21.0. The van der Waals surface area contributed by atoms with Crippen molar-refractivity contribution in [2.24, 2.45) is 0 Å². The molecule has 0 bridgehead atoms. The number of hydrogen-bond donors (Lipinski definition) is 1. The Bertz CT molecular complexity index is 977. The maximum absolute atomic E-state index is 14.9. The molecule has 4 rings (SSSR count). The molecule has 2 aliphatic heterocycles. The van der Waals surface area contributed by atoms with Crippen molar-refractivity contribution in [3.8, 4) is 5.75 Å². The van der Waals surface area contributed by atoms with Crippen LogP contribution in [0.4, 0.5) is 28.0 Å². The summed E-state index contributed by atoms with van der Waals surface area (Å²) in [6.45, 7) is -0.0229. The third-order valence-electron chi connectivity index (χ3n) is 5.33. The van der Waals surface area contributed by atoms with E-state index in [1.54, 1.807) is 30.3 Å². The summed E-state index contributed by atoms with van der Waals surface area (Å²) in [5, 5.41) is 2.59. The predicted octanol–water partition coefficient (Wildman–Crippen LogP) is 3.58. The molecule has 31 heavy (non-hydrogen) atoms. The molecule has 1 N–H and O–H groups in total. The zero-order valence-corrected chi connectivity index (χ0v) is 16.2. The van der Waals surface area contributed by atoms with Crippen molar-refractivity contribution in [2.45, 2.75) is 24.5 Å². The van der Waals surface area contributed by atoms with Crippen LogP contribution < -0.4 is 15.0 Å². The van der Waals surface area contributed by atoms with Crippen LogP contribution in [-0.2, 0) is 10.5 Å². The first-order chi connectivity index (χ1) is 14.6. The Morgan fingerprint density at radius 1 is 1.10 bits per heavy atom. The topological polar surface area (TPSA) is 61.9 Å². The van der Waals surface area contributed by atoms with Crippen molar-refractivity contribution in [3.05, 3.63) is 60.2 Å². The van der Waals surface area contributed by atoms with Crippen LogP contribution >= 0.6 is 0 Å². The summed E-state index contributed by atoms with van der Waals surface area (Å²) < 4.78 is 56.1. The maximum Gasteiger partial charge on any atom is 0.573 e. The van der Waals surface area contributed by atoms with Gasteiger partial charge in [0.05, 0.1) is 13.1 Å². The fourth-order valence-corrected chi connectivity index (χ4v) is 3.78. The lowest BCUT2D eigenvalue weighted by atomic mass is 9.88. The van der Waals surface area contributed by atoms with Gasteiger partial charge in [0.2, 0.25) is 5.91 Å². The van der Waals surface area contributed by atoms with Gasteiger partial charge in [0.15, 0.2) is 5.67 Å². The molecule has 3 amide bonds. The monoisotopic (exact) mass is 437 g/mol. The van der Waals surface area contributed by atoms with Crippen molar-refractivity contribution < 1.29 is 31.9 Å². The number of nitrogens with zero attached hydrogens (tertiary/aromatic N) is 2. The second-order valence-electron chi connectivity index (χ2n) is 7.51. The standard InChI is InChI=1S/C21H19F4N3O3/c22-20(14-5-2-1-3-6-14)12-27(13-20)19(30)26-17-9-10-28(18(17)29)15-7-4-8-16(11-15)31-21(23,24)25/h1-8,11,17H,9-10,12-13H2,(H,26,30). The van der Waals surface area contributed by atoms with Gasteiger partial charge in [-0.25, -0.2) is 9.18 Å². The van der Waals surface area contributed by atoms with E-state index in [2.05, 4.69) is 10.1 Å². The van der Waals surface area contributed by atoms with Gasteiger partial charge in [0, 0.05) is 18.3 Å². The Morgan fingerprint density at radius 2 is 1.81 bits per heavy atom. The number of ether oxygens (including phenoxy) is 1. The minimum absolute atomic E-state index is 0.121. The SMILES string of the molecule is O=C(NC1CCN(c2cccc(OC(F)(F)F)c2)C1=O)N1CC(F)(c2ccccc2)C1. The smallest absolute Gasteiger partial charge is 0.406 e. The van der Waals surface area contributed by atoms with E-state index < -0.39 is 35.8 Å². The second-order valence-corrected chi connectivity index (χ2v) is 7.51. The van der Waals surface area contributed by atoms with Crippen molar-refractivity contribution in [2.75, 3.05) is 24.5 Å². The van der Waals surface area contributed by atoms with Crippen LogP contribution in [0.2, 0.25) is 0 Å². The number of benzene rings is 2. The van der Waals surface area contributed by atoms with Gasteiger partial charge in [-0.3, -0.25) is 4.79 Å². The number of carbonyl (C=O) groups excluding carboxylic acids is 2. The molecule has 0 aromatic heterocycles. The molecule has 164 valence electrons. The molecule has 2 aromatic rings. The third-order valence-corrected chi connectivity index (χ3v) is 5.33. The fourth-order valence-electron chi connectivity index (χ4n) is 3.78. The number of alkyl halides is 4. The third kappa shape index (κ3) is 4.42. The first-order valence-electron chi connectivity index (χ1n) is 9.62. The summed E-state index contributed by atoms with van der Waals surface area (Å²) in [5.41, 5.74) is -0.897. The van der Waals surface area contributed by atoms with Crippen LogP contribution in [-0.4, -0.2) is 48.9 Å². The Balaban J connectivity index is 1.35. The highest BCUT2D eigenvalue weighted by Gasteiger charge is 2.48. The molecule has 1 unspecified atom stereocenters. The predicted molar refractivity (Wildman–Crippen MR) is 103 cm³/mol. The summed E-state index contributed by atoms with van der Waals surface area (Å²) in [6, 6.07) is 12.2. The minimum atomic E-state index is -4.84.